The molecule has 1 atom stereocenters. The van der Waals surface area contributed by atoms with E-state index in [1.54, 1.807) is 18.5 Å². The fourth-order valence-corrected chi connectivity index (χ4v) is 2.40. The molecule has 108 valence electrons. The maximum absolute atomic E-state index is 13.7. The summed E-state index contributed by atoms with van der Waals surface area (Å²) in [4.78, 5) is 4.35. The molecule has 1 unspecified atom stereocenters. The summed E-state index contributed by atoms with van der Waals surface area (Å²) < 4.78 is 15.5. The van der Waals surface area contributed by atoms with Gasteiger partial charge in [-0.3, -0.25) is 9.67 Å². The summed E-state index contributed by atoms with van der Waals surface area (Å²) in [6.45, 7) is 3.43. The van der Waals surface area contributed by atoms with Crippen LogP contribution >= 0.6 is 0 Å². The summed E-state index contributed by atoms with van der Waals surface area (Å²) in [5.74, 6) is -0.230. The molecular formula is C16H17FN4. The second-order valence-corrected chi connectivity index (χ2v) is 5.15. The summed E-state index contributed by atoms with van der Waals surface area (Å²) in [5.41, 5.74) is 1.72. The number of benzene rings is 1. The molecule has 0 radical (unpaired) electrons. The monoisotopic (exact) mass is 284 g/mol. The van der Waals surface area contributed by atoms with Crippen molar-refractivity contribution in [1.82, 2.24) is 20.1 Å². The summed E-state index contributed by atoms with van der Waals surface area (Å²) >= 11 is 0. The number of hydrogen-bond donors (Lipinski definition) is 1. The average molecular weight is 284 g/mol. The van der Waals surface area contributed by atoms with Crippen LogP contribution in [0.2, 0.25) is 0 Å². The predicted octanol–water partition coefficient (Wildman–Crippen LogP) is 2.75. The highest BCUT2D eigenvalue weighted by molar-refractivity contribution is 5.81. The van der Waals surface area contributed by atoms with E-state index in [2.05, 4.69) is 22.3 Å². The molecule has 0 saturated carbocycles. The Bertz CT molecular complexity index is 724. The summed E-state index contributed by atoms with van der Waals surface area (Å²) in [6.07, 6.45) is 5.42. The molecule has 3 rings (SSSR count). The van der Waals surface area contributed by atoms with Crippen LogP contribution in [0.3, 0.4) is 0 Å². The molecule has 21 heavy (non-hydrogen) atoms. The minimum atomic E-state index is -0.230. The third kappa shape index (κ3) is 3.25. The van der Waals surface area contributed by atoms with Crippen molar-refractivity contribution in [3.63, 3.8) is 0 Å². The molecule has 4 nitrogen and oxygen atoms in total. The zero-order chi connectivity index (χ0) is 14.7. The van der Waals surface area contributed by atoms with Crippen LogP contribution < -0.4 is 5.32 Å². The van der Waals surface area contributed by atoms with E-state index < -0.39 is 0 Å². The second kappa shape index (κ2) is 6.01. The van der Waals surface area contributed by atoms with Gasteiger partial charge < -0.3 is 5.32 Å². The number of fused-ring (bicyclic) bond motifs is 1. The highest BCUT2D eigenvalue weighted by Gasteiger charge is 2.08. The first-order valence-electron chi connectivity index (χ1n) is 6.96. The Kier molecular flexibility index (Phi) is 3.92. The van der Waals surface area contributed by atoms with Gasteiger partial charge in [-0.15, -0.1) is 0 Å². The lowest BCUT2D eigenvalue weighted by Gasteiger charge is -2.15. The fraction of sp³-hybridized carbons (Fsp3) is 0.250. The molecule has 0 saturated heterocycles. The van der Waals surface area contributed by atoms with E-state index in [0.717, 1.165) is 23.0 Å². The summed E-state index contributed by atoms with van der Waals surface area (Å²) in [6, 6.07) is 8.88. The standard InChI is InChI=1S/C16H17FN4/c1-12(11-21-7-3-6-20-21)19-10-14-9-15(17)8-13-4-2-5-18-16(13)14/h2-9,12,19H,10-11H2,1H3. The quantitative estimate of drug-likeness (QED) is 0.783. The molecule has 5 heteroatoms. The van der Waals surface area contributed by atoms with Gasteiger partial charge in [0.15, 0.2) is 0 Å². The molecule has 3 aromatic rings. The molecule has 0 fully saturated rings. The maximum Gasteiger partial charge on any atom is 0.124 e. The molecule has 0 aliphatic heterocycles. The van der Waals surface area contributed by atoms with Crippen LogP contribution in [-0.4, -0.2) is 20.8 Å². The summed E-state index contributed by atoms with van der Waals surface area (Å²) in [5, 5.41) is 8.40. The number of nitrogens with one attached hydrogen (secondary N) is 1. The van der Waals surface area contributed by atoms with Crippen LogP contribution in [0.4, 0.5) is 4.39 Å². The Labute approximate surface area is 122 Å². The first-order valence-corrected chi connectivity index (χ1v) is 6.96. The van der Waals surface area contributed by atoms with E-state index in [1.807, 2.05) is 29.1 Å². The number of hydrogen-bond acceptors (Lipinski definition) is 3. The second-order valence-electron chi connectivity index (χ2n) is 5.15. The smallest absolute Gasteiger partial charge is 0.124 e. The Morgan fingerprint density at radius 2 is 2.19 bits per heavy atom. The molecule has 0 amide bonds. The van der Waals surface area contributed by atoms with Crippen molar-refractivity contribution in [1.29, 1.82) is 0 Å². The summed E-state index contributed by atoms with van der Waals surface area (Å²) in [7, 11) is 0. The fourth-order valence-electron chi connectivity index (χ4n) is 2.40. The average Bonchev–Trinajstić information content (AvgIpc) is 2.97. The zero-order valence-electron chi connectivity index (χ0n) is 11.8. The van der Waals surface area contributed by atoms with Gasteiger partial charge >= 0.3 is 0 Å². The molecule has 0 aliphatic rings. The molecule has 2 aromatic heterocycles. The molecular weight excluding hydrogens is 267 g/mol. The number of halogens is 1. The van der Waals surface area contributed by atoms with Crippen molar-refractivity contribution in [3.8, 4) is 0 Å². The van der Waals surface area contributed by atoms with E-state index in [0.29, 0.717) is 6.54 Å². The Balaban J connectivity index is 1.73. The van der Waals surface area contributed by atoms with Gasteiger partial charge in [-0.1, -0.05) is 6.07 Å². The molecule has 0 bridgehead atoms. The van der Waals surface area contributed by atoms with Crippen LogP contribution in [0, 0.1) is 5.82 Å². The van der Waals surface area contributed by atoms with Gasteiger partial charge in [0.25, 0.3) is 0 Å². The van der Waals surface area contributed by atoms with E-state index in [1.165, 1.54) is 6.07 Å². The Morgan fingerprint density at radius 3 is 3.00 bits per heavy atom. The number of pyridine rings is 1. The van der Waals surface area contributed by atoms with Crippen LogP contribution in [0.25, 0.3) is 10.9 Å². The van der Waals surface area contributed by atoms with Crippen molar-refractivity contribution >= 4 is 10.9 Å². The lowest BCUT2D eigenvalue weighted by molar-refractivity contribution is 0.451. The lowest BCUT2D eigenvalue weighted by atomic mass is 10.1. The van der Waals surface area contributed by atoms with Crippen LogP contribution in [-0.2, 0) is 13.1 Å². The highest BCUT2D eigenvalue weighted by Crippen LogP contribution is 2.18. The molecule has 1 aromatic carbocycles. The third-order valence-corrected chi connectivity index (χ3v) is 3.41. The van der Waals surface area contributed by atoms with Gasteiger partial charge in [-0.2, -0.15) is 5.10 Å². The van der Waals surface area contributed by atoms with Crippen molar-refractivity contribution in [2.24, 2.45) is 0 Å². The Hall–Kier alpha value is -2.27. The van der Waals surface area contributed by atoms with Crippen molar-refractivity contribution in [2.45, 2.75) is 26.1 Å². The van der Waals surface area contributed by atoms with Gasteiger partial charge in [0.2, 0.25) is 0 Å². The van der Waals surface area contributed by atoms with Crippen molar-refractivity contribution in [3.05, 3.63) is 60.3 Å². The number of aromatic nitrogens is 3. The van der Waals surface area contributed by atoms with E-state index >= 15 is 0 Å². The normalized spacial score (nSPS) is 12.7. The molecule has 0 spiro atoms. The zero-order valence-corrected chi connectivity index (χ0v) is 11.8. The lowest BCUT2D eigenvalue weighted by Crippen LogP contribution is -2.30. The first kappa shape index (κ1) is 13.7. The molecule has 2 heterocycles. The van der Waals surface area contributed by atoms with Crippen molar-refractivity contribution < 1.29 is 4.39 Å². The number of nitrogens with zero attached hydrogens (tertiary/aromatic N) is 3. The molecule has 0 aliphatic carbocycles. The van der Waals surface area contributed by atoms with Gasteiger partial charge in [-0.05, 0) is 36.8 Å². The highest BCUT2D eigenvalue weighted by atomic mass is 19.1. The Morgan fingerprint density at radius 1 is 1.29 bits per heavy atom. The van der Waals surface area contributed by atoms with Gasteiger partial charge in [0.05, 0.1) is 12.1 Å². The van der Waals surface area contributed by atoms with Gasteiger partial charge in [0, 0.05) is 36.6 Å². The maximum atomic E-state index is 13.7. The minimum absolute atomic E-state index is 0.229. The van der Waals surface area contributed by atoms with Gasteiger partial charge in [0.1, 0.15) is 5.82 Å². The third-order valence-electron chi connectivity index (χ3n) is 3.41. The predicted molar refractivity (Wildman–Crippen MR) is 80.2 cm³/mol. The minimum Gasteiger partial charge on any atom is -0.308 e. The van der Waals surface area contributed by atoms with E-state index in [4.69, 9.17) is 0 Å². The first-order chi connectivity index (χ1) is 10.2. The van der Waals surface area contributed by atoms with Gasteiger partial charge in [-0.25, -0.2) is 4.39 Å². The largest absolute Gasteiger partial charge is 0.308 e. The van der Waals surface area contributed by atoms with E-state index in [9.17, 15) is 4.39 Å². The number of rotatable bonds is 5. The van der Waals surface area contributed by atoms with Crippen molar-refractivity contribution in [2.75, 3.05) is 0 Å². The van der Waals surface area contributed by atoms with Crippen LogP contribution in [0.1, 0.15) is 12.5 Å². The van der Waals surface area contributed by atoms with E-state index in [-0.39, 0.29) is 11.9 Å². The SMILES string of the molecule is CC(Cn1cccn1)NCc1cc(F)cc2cccnc12. The van der Waals surface area contributed by atoms with Crippen LogP contribution in [0.15, 0.2) is 48.9 Å². The molecule has 1 N–H and O–H groups in total. The topological polar surface area (TPSA) is 42.7 Å². The van der Waals surface area contributed by atoms with Crippen LogP contribution in [0.5, 0.6) is 0 Å².